The molecule has 3 rings (SSSR count). The van der Waals surface area contributed by atoms with Gasteiger partial charge >= 0.3 is 0 Å². The van der Waals surface area contributed by atoms with E-state index in [9.17, 15) is 13.2 Å². The zero-order chi connectivity index (χ0) is 18.0. The minimum Gasteiger partial charge on any atom is -0.322 e. The summed E-state index contributed by atoms with van der Waals surface area (Å²) in [4.78, 5) is 12.6. The Labute approximate surface area is 156 Å². The van der Waals surface area contributed by atoms with E-state index in [0.29, 0.717) is 18.7 Å². The van der Waals surface area contributed by atoms with E-state index in [1.807, 2.05) is 25.1 Å². The lowest BCUT2D eigenvalue weighted by Gasteiger charge is -2.15. The molecule has 0 saturated carbocycles. The van der Waals surface area contributed by atoms with Gasteiger partial charge in [-0.3, -0.25) is 4.79 Å². The normalized spacial score (nSPS) is 15.3. The van der Waals surface area contributed by atoms with Crippen LogP contribution in [0.5, 0.6) is 0 Å². The summed E-state index contributed by atoms with van der Waals surface area (Å²) in [5.41, 5.74) is 2.08. The number of nitrogens with zero attached hydrogens (tertiary/aromatic N) is 1. The van der Waals surface area contributed by atoms with Crippen molar-refractivity contribution in [2.75, 3.05) is 18.4 Å². The molecule has 1 heterocycles. The van der Waals surface area contributed by atoms with E-state index < -0.39 is 10.0 Å². The molecule has 0 aromatic heterocycles. The maximum atomic E-state index is 12.5. The molecule has 2 aromatic carbocycles. The third-order valence-corrected chi connectivity index (χ3v) is 6.66. The van der Waals surface area contributed by atoms with Gasteiger partial charge in [0.25, 0.3) is 5.91 Å². The maximum absolute atomic E-state index is 12.5. The standard InChI is InChI=1S/C18H19BrN2O3S/c1-13-12-15(19)6-9-17(13)20-18(22)14-4-7-16(8-5-14)25(23,24)21-10-2-3-11-21/h4-9,12H,2-3,10-11H2,1H3,(H,20,22). The number of nitrogens with one attached hydrogen (secondary N) is 1. The number of carbonyl (C=O) groups excluding carboxylic acids is 1. The quantitative estimate of drug-likeness (QED) is 0.814. The Morgan fingerprint density at radius 2 is 1.72 bits per heavy atom. The average Bonchev–Trinajstić information content (AvgIpc) is 3.13. The number of anilines is 1. The Morgan fingerprint density at radius 3 is 2.32 bits per heavy atom. The molecule has 0 spiro atoms. The van der Waals surface area contributed by atoms with Gasteiger partial charge in [-0.05, 0) is 67.8 Å². The van der Waals surface area contributed by atoms with Crippen LogP contribution in [0.2, 0.25) is 0 Å². The topological polar surface area (TPSA) is 66.5 Å². The van der Waals surface area contributed by atoms with Gasteiger partial charge in [0.2, 0.25) is 10.0 Å². The summed E-state index contributed by atoms with van der Waals surface area (Å²) in [6.45, 7) is 3.03. The fourth-order valence-corrected chi connectivity index (χ4v) is 4.81. The van der Waals surface area contributed by atoms with Crippen molar-refractivity contribution >= 4 is 37.5 Å². The second kappa shape index (κ2) is 7.27. The molecule has 0 radical (unpaired) electrons. The van der Waals surface area contributed by atoms with Crippen molar-refractivity contribution in [3.63, 3.8) is 0 Å². The monoisotopic (exact) mass is 422 g/mol. The molecule has 7 heteroatoms. The summed E-state index contributed by atoms with van der Waals surface area (Å²) in [5.74, 6) is -0.268. The number of aryl methyl sites for hydroxylation is 1. The van der Waals surface area contributed by atoms with Gasteiger partial charge in [-0.15, -0.1) is 0 Å². The number of amides is 1. The number of hydrogen-bond acceptors (Lipinski definition) is 3. The van der Waals surface area contributed by atoms with Gasteiger partial charge in [0.15, 0.2) is 0 Å². The number of rotatable bonds is 4. The SMILES string of the molecule is Cc1cc(Br)ccc1NC(=O)c1ccc(S(=O)(=O)N2CCCC2)cc1. The molecule has 1 N–H and O–H groups in total. The van der Waals surface area contributed by atoms with Gasteiger partial charge in [0.05, 0.1) is 4.90 Å². The van der Waals surface area contributed by atoms with Crippen LogP contribution in [0.4, 0.5) is 5.69 Å². The largest absolute Gasteiger partial charge is 0.322 e. The lowest BCUT2D eigenvalue weighted by atomic mass is 10.1. The van der Waals surface area contributed by atoms with Crippen LogP contribution in [0.15, 0.2) is 51.8 Å². The van der Waals surface area contributed by atoms with Crippen LogP contribution in [0.1, 0.15) is 28.8 Å². The van der Waals surface area contributed by atoms with Gasteiger partial charge in [-0.2, -0.15) is 4.31 Å². The first-order valence-corrected chi connectivity index (χ1v) is 10.3. The molecule has 1 fully saturated rings. The molecule has 1 saturated heterocycles. The van der Waals surface area contributed by atoms with Crippen molar-refractivity contribution in [3.05, 3.63) is 58.1 Å². The van der Waals surface area contributed by atoms with E-state index in [0.717, 1.165) is 28.6 Å². The molecule has 1 aliphatic rings. The van der Waals surface area contributed by atoms with E-state index in [4.69, 9.17) is 0 Å². The minimum atomic E-state index is -3.46. The molecular formula is C18H19BrN2O3S. The number of hydrogen-bond donors (Lipinski definition) is 1. The van der Waals surface area contributed by atoms with Crippen molar-refractivity contribution in [3.8, 4) is 0 Å². The Balaban J connectivity index is 1.76. The van der Waals surface area contributed by atoms with Crippen molar-refractivity contribution in [2.45, 2.75) is 24.7 Å². The summed E-state index contributed by atoms with van der Waals surface area (Å²) >= 11 is 3.39. The zero-order valence-corrected chi connectivity index (χ0v) is 16.2. The molecule has 0 bridgehead atoms. The van der Waals surface area contributed by atoms with Crippen LogP contribution in [-0.2, 0) is 10.0 Å². The maximum Gasteiger partial charge on any atom is 0.255 e. The highest BCUT2D eigenvalue weighted by molar-refractivity contribution is 9.10. The predicted octanol–water partition coefficient (Wildman–Crippen LogP) is 3.79. The lowest BCUT2D eigenvalue weighted by molar-refractivity contribution is 0.102. The van der Waals surface area contributed by atoms with Crippen LogP contribution in [0, 0.1) is 6.92 Å². The molecule has 0 aliphatic carbocycles. The second-order valence-electron chi connectivity index (χ2n) is 6.05. The first-order chi connectivity index (χ1) is 11.9. The summed E-state index contributed by atoms with van der Waals surface area (Å²) < 4.78 is 27.4. The first kappa shape index (κ1) is 18.1. The Hall–Kier alpha value is -1.70. The van der Waals surface area contributed by atoms with Crippen LogP contribution < -0.4 is 5.32 Å². The Bertz CT molecular complexity index is 889. The summed E-state index contributed by atoms with van der Waals surface area (Å²) in [7, 11) is -3.46. The third kappa shape index (κ3) is 3.94. The third-order valence-electron chi connectivity index (χ3n) is 4.26. The molecule has 0 unspecified atom stereocenters. The second-order valence-corrected chi connectivity index (χ2v) is 8.90. The molecule has 0 atom stereocenters. The van der Waals surface area contributed by atoms with E-state index in [-0.39, 0.29) is 10.8 Å². The summed E-state index contributed by atoms with van der Waals surface area (Å²) in [5, 5.41) is 2.85. The van der Waals surface area contributed by atoms with E-state index in [1.165, 1.54) is 16.4 Å². The number of carbonyl (C=O) groups is 1. The smallest absolute Gasteiger partial charge is 0.255 e. The Morgan fingerprint density at radius 1 is 1.08 bits per heavy atom. The van der Waals surface area contributed by atoms with Crippen molar-refractivity contribution in [1.82, 2.24) is 4.31 Å². The fraction of sp³-hybridized carbons (Fsp3) is 0.278. The van der Waals surface area contributed by atoms with E-state index in [1.54, 1.807) is 12.1 Å². The van der Waals surface area contributed by atoms with Gasteiger partial charge in [0, 0.05) is 28.8 Å². The molecule has 132 valence electrons. The van der Waals surface area contributed by atoms with E-state index in [2.05, 4.69) is 21.2 Å². The lowest BCUT2D eigenvalue weighted by Crippen LogP contribution is -2.27. The molecule has 25 heavy (non-hydrogen) atoms. The van der Waals surface area contributed by atoms with Crippen molar-refractivity contribution in [2.24, 2.45) is 0 Å². The molecule has 5 nitrogen and oxygen atoms in total. The van der Waals surface area contributed by atoms with Crippen LogP contribution >= 0.6 is 15.9 Å². The Kier molecular flexibility index (Phi) is 5.27. The van der Waals surface area contributed by atoms with Gasteiger partial charge in [-0.1, -0.05) is 15.9 Å². The van der Waals surface area contributed by atoms with Crippen LogP contribution in [0.3, 0.4) is 0 Å². The predicted molar refractivity (Wildman–Crippen MR) is 101 cm³/mol. The number of benzene rings is 2. The minimum absolute atomic E-state index is 0.228. The van der Waals surface area contributed by atoms with Gasteiger partial charge in [-0.25, -0.2) is 8.42 Å². The highest BCUT2D eigenvalue weighted by atomic mass is 79.9. The van der Waals surface area contributed by atoms with Gasteiger partial charge < -0.3 is 5.32 Å². The van der Waals surface area contributed by atoms with Crippen molar-refractivity contribution < 1.29 is 13.2 Å². The summed E-state index contributed by atoms with van der Waals surface area (Å²) in [6.07, 6.45) is 1.79. The first-order valence-electron chi connectivity index (χ1n) is 8.05. The molecular weight excluding hydrogens is 404 g/mol. The van der Waals surface area contributed by atoms with E-state index >= 15 is 0 Å². The van der Waals surface area contributed by atoms with Gasteiger partial charge in [0.1, 0.15) is 0 Å². The number of halogens is 1. The van der Waals surface area contributed by atoms with Crippen molar-refractivity contribution in [1.29, 1.82) is 0 Å². The highest BCUT2D eigenvalue weighted by Crippen LogP contribution is 2.23. The van der Waals surface area contributed by atoms with Crippen LogP contribution in [-0.4, -0.2) is 31.7 Å². The zero-order valence-electron chi connectivity index (χ0n) is 13.8. The molecule has 1 aliphatic heterocycles. The number of sulfonamides is 1. The summed E-state index contributed by atoms with van der Waals surface area (Å²) in [6, 6.07) is 11.7. The molecule has 1 amide bonds. The average molecular weight is 423 g/mol. The fourth-order valence-electron chi connectivity index (χ4n) is 2.82. The van der Waals surface area contributed by atoms with Crippen LogP contribution in [0.25, 0.3) is 0 Å². The molecule has 2 aromatic rings. The highest BCUT2D eigenvalue weighted by Gasteiger charge is 2.27.